The minimum absolute atomic E-state index is 0.0692. The van der Waals surface area contributed by atoms with Crippen molar-refractivity contribution in [3.05, 3.63) is 0 Å². The molecule has 0 amide bonds. The van der Waals surface area contributed by atoms with Crippen molar-refractivity contribution in [3.63, 3.8) is 0 Å². The number of methoxy groups -OCH3 is 1. The van der Waals surface area contributed by atoms with Gasteiger partial charge < -0.3 is 18.6 Å². The van der Waals surface area contributed by atoms with Crippen molar-refractivity contribution in [1.29, 1.82) is 0 Å². The number of Topliss-reactive ketones (excluding diaryl/α,β-unsaturated/α-hetero) is 1. The van der Waals surface area contributed by atoms with Crippen LogP contribution in [0.1, 0.15) is 65.7 Å². The first-order valence-electron chi connectivity index (χ1n) is 11.5. The molecule has 4 atom stereocenters. The Balaban J connectivity index is 2.02. The lowest BCUT2D eigenvalue weighted by atomic mass is 9.87. The largest absolute Gasteiger partial charge is 0.469 e. The summed E-state index contributed by atoms with van der Waals surface area (Å²) in [6.07, 6.45) is 5.25. The summed E-state index contributed by atoms with van der Waals surface area (Å²) in [5.41, 5.74) is 0. The fourth-order valence-electron chi connectivity index (χ4n) is 4.10. The highest BCUT2D eigenvalue weighted by Gasteiger charge is 2.45. The predicted molar refractivity (Wildman–Crippen MR) is 119 cm³/mol. The molecule has 0 aromatic heterocycles. The summed E-state index contributed by atoms with van der Waals surface area (Å²) < 4.78 is 23.1. The van der Waals surface area contributed by atoms with Gasteiger partial charge in [-0.25, -0.2) is 0 Å². The molecule has 1 unspecified atom stereocenters. The van der Waals surface area contributed by atoms with E-state index in [-0.39, 0.29) is 40.8 Å². The van der Waals surface area contributed by atoms with E-state index in [1.807, 2.05) is 0 Å². The number of rotatable bonds is 10. The molecule has 1 saturated carbocycles. The van der Waals surface area contributed by atoms with Gasteiger partial charge in [0.15, 0.2) is 14.6 Å². The smallest absolute Gasteiger partial charge is 0.305 e. The molecular formula is C23H42O6Si. The van der Waals surface area contributed by atoms with Crippen molar-refractivity contribution in [2.75, 3.05) is 26.9 Å². The highest BCUT2D eigenvalue weighted by atomic mass is 28.4. The van der Waals surface area contributed by atoms with Gasteiger partial charge in [0.25, 0.3) is 0 Å². The first-order chi connectivity index (χ1) is 14.0. The minimum Gasteiger partial charge on any atom is -0.469 e. The third-order valence-corrected chi connectivity index (χ3v) is 11.7. The van der Waals surface area contributed by atoms with Crippen LogP contribution in [0.15, 0.2) is 0 Å². The van der Waals surface area contributed by atoms with Gasteiger partial charge in [-0.1, -0.05) is 20.8 Å². The monoisotopic (exact) mass is 442 g/mol. The van der Waals surface area contributed by atoms with Crippen LogP contribution >= 0.6 is 0 Å². The lowest BCUT2D eigenvalue weighted by molar-refractivity contribution is -0.171. The number of hydrogen-bond donors (Lipinski definition) is 0. The number of carbonyl (C=O) groups excluding carboxylic acids is 2. The molecule has 0 aromatic carbocycles. The first kappa shape index (κ1) is 25.5. The van der Waals surface area contributed by atoms with Gasteiger partial charge in [0.2, 0.25) is 0 Å². The van der Waals surface area contributed by atoms with Gasteiger partial charge >= 0.3 is 5.97 Å². The van der Waals surface area contributed by atoms with E-state index in [2.05, 4.69) is 33.9 Å². The molecule has 0 bridgehead atoms. The van der Waals surface area contributed by atoms with Gasteiger partial charge in [-0.05, 0) is 62.1 Å². The van der Waals surface area contributed by atoms with Crippen molar-refractivity contribution in [3.8, 4) is 0 Å². The Morgan fingerprint density at radius 3 is 2.53 bits per heavy atom. The number of ether oxygens (including phenoxy) is 3. The lowest BCUT2D eigenvalue weighted by Gasteiger charge is -2.38. The molecular weight excluding hydrogens is 400 g/mol. The van der Waals surface area contributed by atoms with Gasteiger partial charge in [-0.3, -0.25) is 9.59 Å². The van der Waals surface area contributed by atoms with Crippen molar-refractivity contribution in [2.24, 2.45) is 17.8 Å². The summed E-state index contributed by atoms with van der Waals surface area (Å²) in [4.78, 5) is 24.4. The van der Waals surface area contributed by atoms with Crippen molar-refractivity contribution in [1.82, 2.24) is 0 Å². The van der Waals surface area contributed by atoms with Crippen LogP contribution in [-0.2, 0) is 28.2 Å². The van der Waals surface area contributed by atoms with E-state index >= 15 is 0 Å². The Morgan fingerprint density at radius 2 is 1.93 bits per heavy atom. The zero-order chi connectivity index (χ0) is 22.4. The highest BCUT2D eigenvalue weighted by Crippen LogP contribution is 2.42. The molecule has 30 heavy (non-hydrogen) atoms. The fourth-order valence-corrected chi connectivity index (χ4v) is 5.14. The topological polar surface area (TPSA) is 71.1 Å². The van der Waals surface area contributed by atoms with Gasteiger partial charge in [-0.2, -0.15) is 0 Å². The van der Waals surface area contributed by atoms with Crippen molar-refractivity contribution < 1.29 is 28.2 Å². The predicted octanol–water partition coefficient (Wildman–Crippen LogP) is 4.72. The molecule has 2 rings (SSSR count). The highest BCUT2D eigenvalue weighted by molar-refractivity contribution is 6.74. The van der Waals surface area contributed by atoms with Crippen LogP contribution in [-0.4, -0.2) is 53.3 Å². The van der Waals surface area contributed by atoms with Gasteiger partial charge in [-0.15, -0.1) is 0 Å². The molecule has 2 aliphatic rings. The zero-order valence-electron chi connectivity index (χ0n) is 19.8. The number of hydrogen-bond acceptors (Lipinski definition) is 6. The molecule has 2 fully saturated rings. The van der Waals surface area contributed by atoms with E-state index in [9.17, 15) is 9.59 Å². The van der Waals surface area contributed by atoms with Crippen LogP contribution in [0.25, 0.3) is 0 Å². The maximum atomic E-state index is 12.9. The first-order valence-corrected chi connectivity index (χ1v) is 14.4. The summed E-state index contributed by atoms with van der Waals surface area (Å²) in [7, 11) is -0.512. The van der Waals surface area contributed by atoms with Crippen molar-refractivity contribution in [2.45, 2.75) is 90.1 Å². The Bertz CT molecular complexity index is 565. The van der Waals surface area contributed by atoms with Crippen LogP contribution in [0, 0.1) is 17.8 Å². The molecule has 0 spiro atoms. The Kier molecular flexibility index (Phi) is 9.52. The maximum absolute atomic E-state index is 12.9. The second-order valence-corrected chi connectivity index (χ2v) is 15.2. The van der Waals surface area contributed by atoms with E-state index in [4.69, 9.17) is 18.6 Å². The SMILES string of the molecule is COC(=O)CCC[C@H]1C(=O)C[C@H](COC2CCCCO2)[C@@H]1CO[Si](C)(C)C(C)(C)C. The van der Waals surface area contributed by atoms with Gasteiger partial charge in [0.05, 0.1) is 13.7 Å². The van der Waals surface area contributed by atoms with Gasteiger partial charge in [0.1, 0.15) is 5.78 Å². The Hall–Kier alpha value is -0.763. The summed E-state index contributed by atoms with van der Waals surface area (Å²) in [6, 6.07) is 0. The molecule has 0 radical (unpaired) electrons. The maximum Gasteiger partial charge on any atom is 0.305 e. The summed E-state index contributed by atoms with van der Waals surface area (Å²) in [5.74, 6) is 0.273. The molecule has 0 N–H and O–H groups in total. The second-order valence-electron chi connectivity index (χ2n) is 10.4. The molecule has 1 aliphatic carbocycles. The van der Waals surface area contributed by atoms with Crippen LogP contribution in [0.5, 0.6) is 0 Å². The van der Waals surface area contributed by atoms with Crippen LogP contribution in [0.3, 0.4) is 0 Å². The molecule has 174 valence electrons. The zero-order valence-corrected chi connectivity index (χ0v) is 20.8. The molecule has 1 heterocycles. The second kappa shape index (κ2) is 11.2. The third-order valence-electron chi connectivity index (χ3n) is 7.20. The number of ketones is 1. The van der Waals surface area contributed by atoms with E-state index in [1.165, 1.54) is 7.11 Å². The summed E-state index contributed by atoms with van der Waals surface area (Å²) in [6.45, 7) is 13.1. The Morgan fingerprint density at radius 1 is 1.20 bits per heavy atom. The summed E-state index contributed by atoms with van der Waals surface area (Å²) in [5, 5.41) is 0.123. The molecule has 6 nitrogen and oxygen atoms in total. The van der Waals surface area contributed by atoms with Crippen LogP contribution in [0.2, 0.25) is 18.1 Å². The third kappa shape index (κ3) is 7.14. The number of carbonyl (C=O) groups is 2. The molecule has 1 aliphatic heterocycles. The van der Waals surface area contributed by atoms with E-state index in [1.54, 1.807) is 0 Å². The van der Waals surface area contributed by atoms with E-state index < -0.39 is 8.32 Å². The fraction of sp³-hybridized carbons (Fsp3) is 0.913. The molecule has 7 heteroatoms. The van der Waals surface area contributed by atoms with Gasteiger partial charge in [0, 0.05) is 32.0 Å². The average molecular weight is 443 g/mol. The van der Waals surface area contributed by atoms with E-state index in [0.29, 0.717) is 38.9 Å². The average Bonchev–Trinajstić information content (AvgIpc) is 2.99. The number of esters is 1. The quantitative estimate of drug-likeness (QED) is 0.360. The molecule has 1 saturated heterocycles. The standard InChI is InChI=1S/C23H42O6Si/c1-23(2,3)30(5,6)29-16-19-17(15-28-22-12-7-8-13-27-22)14-20(24)18(19)10-9-11-21(25)26-4/h17-19,22H,7-16H2,1-6H3/t17-,18-,19+,22?/m1/s1. The minimum atomic E-state index is -1.91. The Labute approximate surface area is 183 Å². The molecule has 0 aromatic rings. The summed E-state index contributed by atoms with van der Waals surface area (Å²) >= 11 is 0. The lowest BCUT2D eigenvalue weighted by Crippen LogP contribution is -2.43. The normalized spacial score (nSPS) is 28.0. The van der Waals surface area contributed by atoms with Crippen molar-refractivity contribution >= 4 is 20.1 Å². The van der Waals surface area contributed by atoms with Crippen LogP contribution < -0.4 is 0 Å². The van der Waals surface area contributed by atoms with Crippen LogP contribution in [0.4, 0.5) is 0 Å². The van der Waals surface area contributed by atoms with E-state index in [0.717, 1.165) is 25.9 Å².